The third kappa shape index (κ3) is 7.10. The molecule has 1 unspecified atom stereocenters. The van der Waals surface area contributed by atoms with Crippen LogP contribution in [0.1, 0.15) is 41.5 Å². The van der Waals surface area contributed by atoms with Crippen LogP contribution in [0, 0.1) is 11.8 Å². The van der Waals surface area contributed by atoms with Gasteiger partial charge in [0, 0.05) is 24.8 Å². The summed E-state index contributed by atoms with van der Waals surface area (Å²) in [5.41, 5.74) is 2.61. The lowest BCUT2D eigenvalue weighted by atomic mass is 9.97. The van der Waals surface area contributed by atoms with E-state index >= 15 is 0 Å². The molecule has 2 aromatic carbocycles. The molecule has 0 radical (unpaired) electrons. The Morgan fingerprint density at radius 1 is 1.03 bits per heavy atom. The Balaban J connectivity index is 2.11. The summed E-state index contributed by atoms with van der Waals surface area (Å²) in [7, 11) is 1.73. The number of ketones is 1. The minimum Gasteiger partial charge on any atom is -0.504 e. The molecule has 0 saturated heterocycles. The average Bonchev–Trinajstić information content (AvgIpc) is 2.83. The second kappa shape index (κ2) is 13.0. The van der Waals surface area contributed by atoms with E-state index in [0.29, 0.717) is 47.5 Å². The van der Waals surface area contributed by atoms with Gasteiger partial charge in [-0.25, -0.2) is 0 Å². The summed E-state index contributed by atoms with van der Waals surface area (Å²) in [6, 6.07) is 6.74. The van der Waals surface area contributed by atoms with Gasteiger partial charge in [0.25, 0.3) is 0 Å². The molecular formula is C26H31NO8. The number of hydrogen-bond donors (Lipinski definition) is 5. The van der Waals surface area contributed by atoms with E-state index < -0.39 is 19.7 Å². The summed E-state index contributed by atoms with van der Waals surface area (Å²) in [5.74, 6) is 6.64. The van der Waals surface area contributed by atoms with Crippen molar-refractivity contribution < 1.29 is 39.4 Å². The molecule has 3 rings (SSSR count). The number of Topliss-reactive ketones (excluding diaryl/α,β-unsaturated/α-hetero) is 1. The topological polar surface area (TPSA) is 138 Å². The fourth-order valence-electron chi connectivity index (χ4n) is 3.95. The smallest absolute Gasteiger partial charge is 0.186 e. The first-order valence-corrected chi connectivity index (χ1v) is 11.4. The number of nitrogens with one attached hydrogen (secondary N) is 1. The molecule has 0 aromatic heterocycles. The molecule has 1 atom stereocenters. The van der Waals surface area contributed by atoms with E-state index in [1.165, 1.54) is 6.07 Å². The van der Waals surface area contributed by atoms with Crippen molar-refractivity contribution in [3.05, 3.63) is 46.5 Å². The van der Waals surface area contributed by atoms with Crippen molar-refractivity contribution in [2.24, 2.45) is 0 Å². The van der Waals surface area contributed by atoms with Gasteiger partial charge in [-0.2, -0.15) is 0 Å². The van der Waals surface area contributed by atoms with Gasteiger partial charge in [-0.1, -0.05) is 24.0 Å². The van der Waals surface area contributed by atoms with E-state index in [9.17, 15) is 25.2 Å². The minimum absolute atomic E-state index is 0.0231. The quantitative estimate of drug-likeness (QED) is 0.291. The number of carbonyl (C=O) groups excluding carboxylic acids is 1. The van der Waals surface area contributed by atoms with Crippen LogP contribution in [0.2, 0.25) is 0 Å². The highest BCUT2D eigenvalue weighted by Gasteiger charge is 2.18. The number of benzene rings is 2. The van der Waals surface area contributed by atoms with Gasteiger partial charge < -0.3 is 34.6 Å². The van der Waals surface area contributed by atoms with Crippen molar-refractivity contribution in [2.75, 3.05) is 27.4 Å². The molecule has 188 valence electrons. The highest BCUT2D eigenvalue weighted by Crippen LogP contribution is 2.35. The van der Waals surface area contributed by atoms with Crippen molar-refractivity contribution >= 4 is 5.78 Å². The van der Waals surface area contributed by atoms with Crippen molar-refractivity contribution in [3.8, 4) is 34.8 Å². The fraction of sp³-hybridized carbons (Fsp3) is 0.423. The molecule has 1 aliphatic carbocycles. The number of aliphatic hydroxyl groups excluding tert-OH is 3. The van der Waals surface area contributed by atoms with Crippen LogP contribution in [0.4, 0.5) is 0 Å². The van der Waals surface area contributed by atoms with Crippen molar-refractivity contribution in [1.29, 1.82) is 0 Å². The Morgan fingerprint density at radius 2 is 1.83 bits per heavy atom. The first-order valence-electron chi connectivity index (χ1n) is 11.4. The largest absolute Gasteiger partial charge is 0.504 e. The Bertz CT molecular complexity index is 1090. The van der Waals surface area contributed by atoms with Gasteiger partial charge in [-0.15, -0.1) is 0 Å². The number of ether oxygens (including phenoxy) is 3. The van der Waals surface area contributed by atoms with E-state index in [1.807, 2.05) is 6.07 Å². The lowest BCUT2D eigenvalue weighted by Gasteiger charge is -2.17. The highest BCUT2D eigenvalue weighted by molar-refractivity contribution is 5.79. The van der Waals surface area contributed by atoms with Gasteiger partial charge in [0.1, 0.15) is 12.5 Å². The van der Waals surface area contributed by atoms with Crippen LogP contribution in [-0.4, -0.2) is 59.7 Å². The zero-order chi connectivity index (χ0) is 25.2. The first-order chi connectivity index (χ1) is 17.0. The van der Waals surface area contributed by atoms with E-state index in [0.717, 1.165) is 5.56 Å². The Hall–Kier alpha value is -3.29. The van der Waals surface area contributed by atoms with Gasteiger partial charge in [0.05, 0.1) is 11.7 Å². The van der Waals surface area contributed by atoms with Crippen LogP contribution in [0.15, 0.2) is 24.3 Å². The monoisotopic (exact) mass is 485 g/mol. The van der Waals surface area contributed by atoms with Crippen LogP contribution in [0.25, 0.3) is 0 Å². The molecule has 2 aromatic rings. The second-order valence-electron chi connectivity index (χ2n) is 8.13. The first kappa shape index (κ1) is 26.3. The second-order valence-corrected chi connectivity index (χ2v) is 8.13. The van der Waals surface area contributed by atoms with Crippen LogP contribution < -0.4 is 19.5 Å². The normalized spacial score (nSPS) is 16.2. The van der Waals surface area contributed by atoms with Gasteiger partial charge in [0.2, 0.25) is 0 Å². The molecule has 0 amide bonds. The molecule has 2 bridgehead atoms. The molecular weight excluding hydrogens is 454 g/mol. The Labute approximate surface area is 204 Å². The predicted molar refractivity (Wildman–Crippen MR) is 127 cm³/mol. The summed E-state index contributed by atoms with van der Waals surface area (Å²) in [5, 5.41) is 42.3. The average molecular weight is 486 g/mol. The predicted octanol–water partition coefficient (Wildman–Crippen LogP) is 1.40. The summed E-state index contributed by atoms with van der Waals surface area (Å²) in [6.07, 6.45) is 0.869. The zero-order valence-electron chi connectivity index (χ0n) is 19.7. The third-order valence-electron chi connectivity index (χ3n) is 5.60. The number of fused-ring (bicyclic) bond motifs is 3. The number of aryl methyl sites for hydroxylation is 2. The van der Waals surface area contributed by atoms with Crippen molar-refractivity contribution in [1.82, 2.24) is 5.32 Å². The van der Waals surface area contributed by atoms with E-state index in [1.54, 1.807) is 19.2 Å². The summed E-state index contributed by atoms with van der Waals surface area (Å²) in [6.45, 7) is -0.994. The maximum Gasteiger partial charge on any atom is 0.186 e. The number of rotatable bonds is 7. The summed E-state index contributed by atoms with van der Waals surface area (Å²) >= 11 is 0. The standard InChI is InChI=1S/C26H31NO8/c1-27-14-33-25-19-3-2-4-22-18(7-10-23(32)26(22)35-16-29)6-9-21(31)13-20(30)8-5-17(11-19)12-24(25)34-15-28/h7,10-12,20,27-30,32H,3,5-6,8-9,13-16H2,1H3. The van der Waals surface area contributed by atoms with Gasteiger partial charge in [-0.05, 0) is 49.6 Å². The molecule has 0 saturated carbocycles. The molecule has 0 heterocycles. The van der Waals surface area contributed by atoms with Crippen LogP contribution >= 0.6 is 0 Å². The number of aliphatic hydroxyl groups is 3. The van der Waals surface area contributed by atoms with Crippen molar-refractivity contribution in [2.45, 2.75) is 44.6 Å². The van der Waals surface area contributed by atoms with Gasteiger partial charge in [0.15, 0.2) is 36.6 Å². The third-order valence-corrected chi connectivity index (χ3v) is 5.60. The van der Waals surface area contributed by atoms with E-state index in [2.05, 4.69) is 17.2 Å². The van der Waals surface area contributed by atoms with Gasteiger partial charge in [-0.3, -0.25) is 10.1 Å². The lowest BCUT2D eigenvalue weighted by Crippen LogP contribution is -2.16. The fourth-order valence-corrected chi connectivity index (χ4v) is 3.95. The summed E-state index contributed by atoms with van der Waals surface area (Å²) in [4.78, 5) is 12.5. The summed E-state index contributed by atoms with van der Waals surface area (Å²) < 4.78 is 16.5. The molecule has 9 heteroatoms. The van der Waals surface area contributed by atoms with Crippen molar-refractivity contribution in [3.63, 3.8) is 0 Å². The molecule has 1 aliphatic rings. The molecule has 0 fully saturated rings. The van der Waals surface area contributed by atoms with Crippen LogP contribution in [-0.2, 0) is 24.1 Å². The number of carbonyl (C=O) groups is 1. The SMILES string of the molecule is CNCOc1c2cc(cc1OCO)CCC(O)CC(=O)CCc1ccc(O)c(OCO)c1C#CC2. The number of phenolic OH excluding ortho intramolecular Hbond substituents is 1. The molecule has 0 spiro atoms. The Kier molecular flexibility index (Phi) is 9.76. The van der Waals surface area contributed by atoms with Gasteiger partial charge >= 0.3 is 0 Å². The maximum absolute atomic E-state index is 12.5. The highest BCUT2D eigenvalue weighted by atomic mass is 16.6. The lowest BCUT2D eigenvalue weighted by molar-refractivity contribution is -0.121. The van der Waals surface area contributed by atoms with E-state index in [4.69, 9.17) is 14.2 Å². The Morgan fingerprint density at radius 3 is 2.57 bits per heavy atom. The minimum atomic E-state index is -0.803. The molecule has 5 N–H and O–H groups in total. The van der Waals surface area contributed by atoms with E-state index in [-0.39, 0.29) is 43.3 Å². The zero-order valence-corrected chi connectivity index (χ0v) is 19.7. The maximum atomic E-state index is 12.5. The van der Waals surface area contributed by atoms with Crippen LogP contribution in [0.3, 0.4) is 0 Å². The van der Waals surface area contributed by atoms with Crippen LogP contribution in [0.5, 0.6) is 23.0 Å². The number of phenols is 1. The molecule has 9 nitrogen and oxygen atoms in total. The molecule has 35 heavy (non-hydrogen) atoms. The molecule has 0 aliphatic heterocycles. The number of hydrogen-bond acceptors (Lipinski definition) is 9. The number of aromatic hydroxyl groups is 1.